The van der Waals surface area contributed by atoms with Crippen LogP contribution in [0.5, 0.6) is 0 Å². The number of fused-ring (bicyclic) bond motifs is 1. The lowest BCUT2D eigenvalue weighted by Crippen LogP contribution is -2.46. The van der Waals surface area contributed by atoms with Crippen molar-refractivity contribution in [2.75, 3.05) is 26.2 Å². The van der Waals surface area contributed by atoms with E-state index >= 15 is 0 Å². The van der Waals surface area contributed by atoms with Crippen molar-refractivity contribution in [3.8, 4) is 0 Å². The summed E-state index contributed by atoms with van der Waals surface area (Å²) in [5.74, 6) is -0.337. The van der Waals surface area contributed by atoms with Crippen LogP contribution >= 0.6 is 0 Å². The Kier molecular flexibility index (Phi) is 5.35. The standard InChI is InChI=1S/C23H22N2O3/c26-22(25-13-14-28-21(16-25)18-8-2-1-3-9-18)15-24-23(27)20-12-6-10-17-7-4-5-11-19(17)20/h1-12,21H,13-16H2,(H,24,27). The Balaban J connectivity index is 1.39. The molecule has 0 bridgehead atoms. The predicted octanol–water partition coefficient (Wildman–Crippen LogP) is 3.17. The monoisotopic (exact) mass is 374 g/mol. The summed E-state index contributed by atoms with van der Waals surface area (Å²) >= 11 is 0. The van der Waals surface area contributed by atoms with E-state index in [-0.39, 0.29) is 24.5 Å². The number of hydrogen-bond acceptors (Lipinski definition) is 3. The molecule has 0 aromatic heterocycles. The van der Waals surface area contributed by atoms with E-state index in [1.54, 1.807) is 11.0 Å². The highest BCUT2D eigenvalue weighted by Gasteiger charge is 2.25. The molecule has 1 fully saturated rings. The molecule has 1 heterocycles. The molecule has 2 amide bonds. The first-order valence-corrected chi connectivity index (χ1v) is 9.42. The van der Waals surface area contributed by atoms with Gasteiger partial charge in [-0.15, -0.1) is 0 Å². The largest absolute Gasteiger partial charge is 0.370 e. The van der Waals surface area contributed by atoms with Gasteiger partial charge in [0.1, 0.15) is 6.10 Å². The van der Waals surface area contributed by atoms with Gasteiger partial charge in [0.2, 0.25) is 5.91 Å². The van der Waals surface area contributed by atoms with Crippen LogP contribution in [0.1, 0.15) is 22.0 Å². The first-order valence-electron chi connectivity index (χ1n) is 9.42. The summed E-state index contributed by atoms with van der Waals surface area (Å²) in [4.78, 5) is 27.0. The number of nitrogens with zero attached hydrogens (tertiary/aromatic N) is 1. The maximum atomic E-state index is 12.6. The maximum absolute atomic E-state index is 12.6. The lowest BCUT2D eigenvalue weighted by Gasteiger charge is -2.33. The van der Waals surface area contributed by atoms with E-state index in [2.05, 4.69) is 5.32 Å². The van der Waals surface area contributed by atoms with E-state index in [9.17, 15) is 9.59 Å². The van der Waals surface area contributed by atoms with E-state index in [0.29, 0.717) is 25.3 Å². The smallest absolute Gasteiger partial charge is 0.252 e. The molecule has 1 N–H and O–H groups in total. The van der Waals surface area contributed by atoms with E-state index in [4.69, 9.17) is 4.74 Å². The van der Waals surface area contributed by atoms with Crippen LogP contribution in [-0.2, 0) is 9.53 Å². The molecule has 3 aromatic carbocycles. The Labute approximate surface area is 163 Å². The lowest BCUT2D eigenvalue weighted by atomic mass is 10.0. The van der Waals surface area contributed by atoms with Gasteiger partial charge < -0.3 is 15.0 Å². The zero-order valence-electron chi connectivity index (χ0n) is 15.5. The van der Waals surface area contributed by atoms with Gasteiger partial charge >= 0.3 is 0 Å². The fourth-order valence-electron chi connectivity index (χ4n) is 3.53. The number of ether oxygens (including phenoxy) is 1. The van der Waals surface area contributed by atoms with Gasteiger partial charge in [-0.05, 0) is 22.4 Å². The molecule has 5 heteroatoms. The van der Waals surface area contributed by atoms with E-state index < -0.39 is 0 Å². The van der Waals surface area contributed by atoms with Crippen LogP contribution in [0, 0.1) is 0 Å². The molecule has 1 saturated heterocycles. The van der Waals surface area contributed by atoms with Gasteiger partial charge in [0.25, 0.3) is 5.91 Å². The third kappa shape index (κ3) is 3.89. The third-order valence-electron chi connectivity index (χ3n) is 5.02. The number of morpholine rings is 1. The van der Waals surface area contributed by atoms with Crippen LogP contribution < -0.4 is 5.32 Å². The molecule has 4 rings (SSSR count). The number of carbonyl (C=O) groups excluding carboxylic acids is 2. The van der Waals surface area contributed by atoms with Crippen molar-refractivity contribution >= 4 is 22.6 Å². The summed E-state index contributed by atoms with van der Waals surface area (Å²) in [6.07, 6.45) is -0.132. The Morgan fingerprint density at radius 1 is 0.964 bits per heavy atom. The zero-order chi connectivity index (χ0) is 19.3. The minimum atomic E-state index is -0.238. The summed E-state index contributed by atoms with van der Waals surface area (Å²) in [7, 11) is 0. The Morgan fingerprint density at radius 2 is 1.71 bits per heavy atom. The second-order valence-corrected chi connectivity index (χ2v) is 6.82. The highest BCUT2D eigenvalue weighted by atomic mass is 16.5. The average Bonchev–Trinajstić information content (AvgIpc) is 2.77. The Bertz CT molecular complexity index is 982. The average molecular weight is 374 g/mol. The van der Waals surface area contributed by atoms with Crippen molar-refractivity contribution in [2.24, 2.45) is 0 Å². The van der Waals surface area contributed by atoms with E-state index in [1.165, 1.54) is 0 Å². The van der Waals surface area contributed by atoms with Gasteiger partial charge in [-0.25, -0.2) is 0 Å². The first kappa shape index (κ1) is 18.2. The second kappa shape index (κ2) is 8.23. The highest BCUT2D eigenvalue weighted by molar-refractivity contribution is 6.07. The minimum Gasteiger partial charge on any atom is -0.370 e. The molecule has 1 atom stereocenters. The zero-order valence-corrected chi connectivity index (χ0v) is 15.5. The van der Waals surface area contributed by atoms with E-state index in [0.717, 1.165) is 16.3 Å². The second-order valence-electron chi connectivity index (χ2n) is 6.82. The molecule has 0 radical (unpaired) electrons. The number of nitrogens with one attached hydrogen (secondary N) is 1. The van der Waals surface area contributed by atoms with Crippen molar-refractivity contribution in [3.05, 3.63) is 83.9 Å². The number of carbonyl (C=O) groups is 2. The summed E-state index contributed by atoms with van der Waals surface area (Å²) in [5.41, 5.74) is 1.63. The molecule has 0 spiro atoms. The lowest BCUT2D eigenvalue weighted by molar-refractivity contribution is -0.137. The number of rotatable bonds is 4. The van der Waals surface area contributed by atoms with Gasteiger partial charge in [-0.1, -0.05) is 66.7 Å². The number of amides is 2. The molecular formula is C23H22N2O3. The predicted molar refractivity (Wildman–Crippen MR) is 108 cm³/mol. The molecule has 0 saturated carbocycles. The van der Waals surface area contributed by atoms with Gasteiger partial charge in [0.15, 0.2) is 0 Å². The van der Waals surface area contributed by atoms with Crippen LogP contribution in [0.15, 0.2) is 72.8 Å². The van der Waals surface area contributed by atoms with Gasteiger partial charge in [-0.2, -0.15) is 0 Å². The topological polar surface area (TPSA) is 58.6 Å². The Hall–Kier alpha value is -3.18. The molecule has 0 aliphatic carbocycles. The molecule has 1 aliphatic rings. The molecule has 5 nitrogen and oxygen atoms in total. The summed E-state index contributed by atoms with van der Waals surface area (Å²) < 4.78 is 5.81. The van der Waals surface area contributed by atoms with Crippen LogP contribution in [0.2, 0.25) is 0 Å². The van der Waals surface area contributed by atoms with E-state index in [1.807, 2.05) is 66.7 Å². The van der Waals surface area contributed by atoms with Crippen LogP contribution in [-0.4, -0.2) is 43.0 Å². The number of benzene rings is 3. The molecule has 142 valence electrons. The maximum Gasteiger partial charge on any atom is 0.252 e. The van der Waals surface area contributed by atoms with Gasteiger partial charge in [0.05, 0.1) is 19.7 Å². The van der Waals surface area contributed by atoms with Gasteiger partial charge in [0, 0.05) is 12.1 Å². The summed E-state index contributed by atoms with van der Waals surface area (Å²) in [6, 6.07) is 23.2. The summed E-state index contributed by atoms with van der Waals surface area (Å²) in [5, 5.41) is 4.65. The van der Waals surface area contributed by atoms with Crippen molar-refractivity contribution < 1.29 is 14.3 Å². The number of hydrogen-bond donors (Lipinski definition) is 1. The Morgan fingerprint density at radius 3 is 2.57 bits per heavy atom. The normalized spacial score (nSPS) is 16.7. The van der Waals surface area contributed by atoms with Crippen molar-refractivity contribution in [1.82, 2.24) is 10.2 Å². The summed E-state index contributed by atoms with van der Waals surface area (Å²) in [6.45, 7) is 1.49. The van der Waals surface area contributed by atoms with Crippen molar-refractivity contribution in [2.45, 2.75) is 6.10 Å². The third-order valence-corrected chi connectivity index (χ3v) is 5.02. The molecule has 28 heavy (non-hydrogen) atoms. The molecule has 3 aromatic rings. The van der Waals surface area contributed by atoms with Crippen LogP contribution in [0.4, 0.5) is 0 Å². The molecular weight excluding hydrogens is 352 g/mol. The van der Waals surface area contributed by atoms with Crippen molar-refractivity contribution in [1.29, 1.82) is 0 Å². The van der Waals surface area contributed by atoms with Crippen LogP contribution in [0.3, 0.4) is 0 Å². The minimum absolute atomic E-state index is 0.0242. The first-order chi connectivity index (χ1) is 13.7. The van der Waals surface area contributed by atoms with Gasteiger partial charge in [-0.3, -0.25) is 9.59 Å². The fraction of sp³-hybridized carbons (Fsp3) is 0.217. The quantitative estimate of drug-likeness (QED) is 0.763. The molecule has 1 unspecified atom stereocenters. The van der Waals surface area contributed by atoms with Crippen molar-refractivity contribution in [3.63, 3.8) is 0 Å². The molecule has 1 aliphatic heterocycles. The fourth-order valence-corrected chi connectivity index (χ4v) is 3.53. The SMILES string of the molecule is O=C(NCC(=O)N1CCOC(c2ccccc2)C1)c1cccc2ccccc12. The van der Waals surface area contributed by atoms with Crippen LogP contribution in [0.25, 0.3) is 10.8 Å². The highest BCUT2D eigenvalue weighted by Crippen LogP contribution is 2.22.